The fourth-order valence-electron chi connectivity index (χ4n) is 2.40. The molecule has 2 aromatic rings. The van der Waals surface area contributed by atoms with Crippen molar-refractivity contribution < 1.29 is 9.66 Å². The molecule has 1 aliphatic heterocycles. The first-order valence-corrected chi connectivity index (χ1v) is 6.11. The van der Waals surface area contributed by atoms with Crippen LogP contribution in [-0.2, 0) is 6.42 Å². The monoisotopic (exact) mass is 272 g/mol. The lowest BCUT2D eigenvalue weighted by Crippen LogP contribution is -2.05. The molecule has 102 valence electrons. The molecule has 2 N–H and O–H groups in total. The Kier molecular flexibility index (Phi) is 2.74. The van der Waals surface area contributed by atoms with E-state index in [4.69, 9.17) is 10.5 Å². The van der Waals surface area contributed by atoms with Crippen molar-refractivity contribution in [2.75, 3.05) is 12.3 Å². The van der Waals surface area contributed by atoms with Crippen LogP contribution in [0.1, 0.15) is 11.3 Å². The van der Waals surface area contributed by atoms with E-state index >= 15 is 0 Å². The van der Waals surface area contributed by atoms with Crippen LogP contribution in [0.4, 0.5) is 11.6 Å². The van der Waals surface area contributed by atoms with E-state index in [-0.39, 0.29) is 23.0 Å². The van der Waals surface area contributed by atoms with Gasteiger partial charge in [0.2, 0.25) is 5.95 Å². The number of hydrogen-bond donors (Lipinski definition) is 1. The highest BCUT2D eigenvalue weighted by Gasteiger charge is 2.27. The fourth-order valence-corrected chi connectivity index (χ4v) is 2.40. The van der Waals surface area contributed by atoms with Crippen LogP contribution in [0.5, 0.6) is 5.75 Å². The molecule has 0 spiro atoms. The summed E-state index contributed by atoms with van der Waals surface area (Å²) in [6, 6.07) is 5.52. The number of rotatable bonds is 2. The van der Waals surface area contributed by atoms with Crippen molar-refractivity contribution in [3.05, 3.63) is 39.6 Å². The van der Waals surface area contributed by atoms with Gasteiger partial charge in [0.05, 0.1) is 11.5 Å². The first kappa shape index (κ1) is 12.3. The molecule has 7 nitrogen and oxygen atoms in total. The Balaban J connectivity index is 2.30. The van der Waals surface area contributed by atoms with Gasteiger partial charge in [0.15, 0.2) is 5.69 Å². The first-order chi connectivity index (χ1) is 9.58. The number of nitro groups is 1. The number of nitrogen functional groups attached to an aromatic ring is 1. The van der Waals surface area contributed by atoms with Crippen molar-refractivity contribution in [3.8, 4) is 17.0 Å². The summed E-state index contributed by atoms with van der Waals surface area (Å²) < 4.78 is 5.57. The molecule has 1 aliphatic rings. The van der Waals surface area contributed by atoms with Crippen LogP contribution in [-0.4, -0.2) is 21.5 Å². The number of hydrogen-bond acceptors (Lipinski definition) is 6. The summed E-state index contributed by atoms with van der Waals surface area (Å²) in [4.78, 5) is 18.7. The van der Waals surface area contributed by atoms with Gasteiger partial charge >= 0.3 is 5.69 Å². The van der Waals surface area contributed by atoms with Crippen LogP contribution in [0.15, 0.2) is 18.2 Å². The van der Waals surface area contributed by atoms with Gasteiger partial charge in [-0.05, 0) is 18.6 Å². The van der Waals surface area contributed by atoms with E-state index in [1.54, 1.807) is 13.0 Å². The highest BCUT2D eigenvalue weighted by atomic mass is 16.6. The summed E-state index contributed by atoms with van der Waals surface area (Å²) in [5, 5.41) is 11.3. The van der Waals surface area contributed by atoms with E-state index in [1.807, 2.05) is 12.1 Å². The number of aryl methyl sites for hydroxylation is 1. The molecule has 0 saturated carbocycles. The minimum atomic E-state index is -0.488. The second-order valence-electron chi connectivity index (χ2n) is 4.51. The third-order valence-electron chi connectivity index (χ3n) is 3.23. The molecule has 7 heteroatoms. The van der Waals surface area contributed by atoms with Crippen LogP contribution in [0.2, 0.25) is 0 Å². The van der Waals surface area contributed by atoms with Gasteiger partial charge < -0.3 is 10.5 Å². The molecule has 1 aromatic carbocycles. The second kappa shape index (κ2) is 4.44. The van der Waals surface area contributed by atoms with Gasteiger partial charge in [-0.15, -0.1) is 0 Å². The first-order valence-electron chi connectivity index (χ1n) is 6.11. The summed E-state index contributed by atoms with van der Waals surface area (Å²) in [6.45, 7) is 2.11. The molecule has 0 radical (unpaired) electrons. The summed E-state index contributed by atoms with van der Waals surface area (Å²) in [7, 11) is 0. The van der Waals surface area contributed by atoms with Crippen molar-refractivity contribution in [1.29, 1.82) is 0 Å². The van der Waals surface area contributed by atoms with Crippen LogP contribution in [0.3, 0.4) is 0 Å². The quantitative estimate of drug-likeness (QED) is 0.661. The summed E-state index contributed by atoms with van der Waals surface area (Å²) >= 11 is 0. The molecule has 0 aliphatic carbocycles. The van der Waals surface area contributed by atoms with Gasteiger partial charge in [0.1, 0.15) is 11.4 Å². The van der Waals surface area contributed by atoms with E-state index < -0.39 is 4.92 Å². The number of fused-ring (bicyclic) bond motifs is 1. The lowest BCUT2D eigenvalue weighted by Gasteiger charge is -2.09. The highest BCUT2D eigenvalue weighted by molar-refractivity contribution is 5.78. The van der Waals surface area contributed by atoms with E-state index in [2.05, 4.69) is 9.97 Å². The smallest absolute Gasteiger partial charge is 0.316 e. The second-order valence-corrected chi connectivity index (χ2v) is 4.51. The molecular formula is C13H12N4O3. The third kappa shape index (κ3) is 1.83. The van der Waals surface area contributed by atoms with Crippen molar-refractivity contribution in [1.82, 2.24) is 9.97 Å². The van der Waals surface area contributed by atoms with Gasteiger partial charge in [0.25, 0.3) is 0 Å². The van der Waals surface area contributed by atoms with Gasteiger partial charge in [0, 0.05) is 12.0 Å². The number of para-hydroxylation sites is 1. The molecule has 0 unspecified atom stereocenters. The SMILES string of the molecule is Cc1nc(N)nc(-c2cccc3c2OCC3)c1[N+](=O)[O-]. The van der Waals surface area contributed by atoms with Crippen molar-refractivity contribution in [3.63, 3.8) is 0 Å². The van der Waals surface area contributed by atoms with Crippen molar-refractivity contribution >= 4 is 11.6 Å². The Morgan fingerprint density at radius 3 is 2.95 bits per heavy atom. The van der Waals surface area contributed by atoms with Crippen LogP contribution in [0.25, 0.3) is 11.3 Å². The zero-order valence-electron chi connectivity index (χ0n) is 10.8. The number of nitrogens with zero attached hydrogens (tertiary/aromatic N) is 3. The molecule has 3 rings (SSSR count). The number of benzene rings is 1. The van der Waals surface area contributed by atoms with Crippen LogP contribution >= 0.6 is 0 Å². The molecule has 1 aromatic heterocycles. The Morgan fingerprint density at radius 1 is 1.40 bits per heavy atom. The summed E-state index contributed by atoms with van der Waals surface area (Å²) in [5.74, 6) is 0.659. The maximum absolute atomic E-state index is 11.3. The van der Waals surface area contributed by atoms with E-state index in [0.717, 1.165) is 12.0 Å². The van der Waals surface area contributed by atoms with Gasteiger partial charge in [-0.1, -0.05) is 12.1 Å². The largest absolute Gasteiger partial charge is 0.492 e. The lowest BCUT2D eigenvalue weighted by molar-refractivity contribution is -0.385. The summed E-state index contributed by atoms with van der Waals surface area (Å²) in [6.07, 6.45) is 0.788. The molecule has 0 saturated heterocycles. The number of aromatic nitrogens is 2. The van der Waals surface area contributed by atoms with E-state index in [0.29, 0.717) is 17.9 Å². The fraction of sp³-hybridized carbons (Fsp3) is 0.231. The minimum Gasteiger partial charge on any atom is -0.492 e. The number of anilines is 1. The normalized spacial score (nSPS) is 12.8. The van der Waals surface area contributed by atoms with Gasteiger partial charge in [-0.2, -0.15) is 0 Å². The van der Waals surface area contributed by atoms with Crippen molar-refractivity contribution in [2.45, 2.75) is 13.3 Å². The third-order valence-corrected chi connectivity index (χ3v) is 3.23. The van der Waals surface area contributed by atoms with Crippen molar-refractivity contribution in [2.24, 2.45) is 0 Å². The van der Waals surface area contributed by atoms with E-state index in [9.17, 15) is 10.1 Å². The predicted octanol–water partition coefficient (Wildman–Crippen LogP) is 1.88. The van der Waals surface area contributed by atoms with E-state index in [1.165, 1.54) is 0 Å². The maximum atomic E-state index is 11.3. The maximum Gasteiger partial charge on any atom is 0.316 e. The topological polar surface area (TPSA) is 104 Å². The molecule has 0 fully saturated rings. The molecule has 0 bridgehead atoms. The average Bonchev–Trinajstić information content (AvgIpc) is 2.84. The van der Waals surface area contributed by atoms with Crippen LogP contribution in [0, 0.1) is 17.0 Å². The lowest BCUT2D eigenvalue weighted by atomic mass is 10.0. The Hall–Kier alpha value is -2.70. The Bertz CT molecular complexity index is 715. The standard InChI is InChI=1S/C13H12N4O3/c1-7-11(17(18)19)10(16-13(14)15-7)9-4-2-3-8-5-6-20-12(8)9/h2-4H,5-6H2,1H3,(H2,14,15,16). The number of ether oxygens (including phenoxy) is 1. The molecule has 0 amide bonds. The highest BCUT2D eigenvalue weighted by Crippen LogP contribution is 2.40. The molecular weight excluding hydrogens is 260 g/mol. The van der Waals surface area contributed by atoms with Crippen LogP contribution < -0.4 is 10.5 Å². The van der Waals surface area contributed by atoms with Gasteiger partial charge in [-0.3, -0.25) is 10.1 Å². The number of nitrogens with two attached hydrogens (primary N) is 1. The Morgan fingerprint density at radius 2 is 2.20 bits per heavy atom. The predicted molar refractivity (Wildman–Crippen MR) is 72.5 cm³/mol. The zero-order chi connectivity index (χ0) is 14.3. The molecule has 20 heavy (non-hydrogen) atoms. The van der Waals surface area contributed by atoms with Gasteiger partial charge in [-0.25, -0.2) is 9.97 Å². The summed E-state index contributed by atoms with van der Waals surface area (Å²) in [5.41, 5.74) is 7.55. The average molecular weight is 272 g/mol. The molecule has 2 heterocycles. The Labute approximate surface area is 114 Å². The molecule has 0 atom stereocenters. The zero-order valence-corrected chi connectivity index (χ0v) is 10.8. The minimum absolute atomic E-state index is 0.0127.